The Morgan fingerprint density at radius 1 is 1.33 bits per heavy atom. The summed E-state index contributed by atoms with van der Waals surface area (Å²) in [6, 6.07) is 4.84. The Labute approximate surface area is 121 Å². The van der Waals surface area contributed by atoms with Gasteiger partial charge >= 0.3 is 12.6 Å². The zero-order valence-corrected chi connectivity index (χ0v) is 11.9. The van der Waals surface area contributed by atoms with E-state index in [4.69, 9.17) is 0 Å². The monoisotopic (exact) mass is 301 g/mol. The van der Waals surface area contributed by atoms with Crippen molar-refractivity contribution in [1.82, 2.24) is 4.90 Å². The number of carbonyl (C=O) groups excluding carboxylic acids is 1. The maximum Gasteiger partial charge on any atom is 0.387 e. The second-order valence-corrected chi connectivity index (χ2v) is 4.89. The van der Waals surface area contributed by atoms with Gasteiger partial charge in [0.15, 0.2) is 5.54 Å². The lowest BCUT2D eigenvalue weighted by atomic mass is 9.89. The summed E-state index contributed by atoms with van der Waals surface area (Å²) in [7, 11) is 0. The SMILES string of the molecule is CC(C)N(C=O)C(C)(C(=O)O)c1ccc(OC(F)F)cc1. The molecule has 116 valence electrons. The van der Waals surface area contributed by atoms with E-state index in [1.807, 2.05) is 0 Å². The van der Waals surface area contributed by atoms with E-state index in [9.17, 15) is 23.5 Å². The standard InChI is InChI=1S/C14H17F2NO4/c1-9(2)17(8-18)14(3,12(19)20)10-4-6-11(7-5-10)21-13(15)16/h4-9,13H,1-3H3,(H,19,20). The largest absolute Gasteiger partial charge is 0.479 e. The Hall–Kier alpha value is -2.18. The molecule has 0 spiro atoms. The van der Waals surface area contributed by atoms with E-state index in [2.05, 4.69) is 4.74 Å². The lowest BCUT2D eigenvalue weighted by Gasteiger charge is -2.38. The number of alkyl halides is 2. The minimum Gasteiger partial charge on any atom is -0.479 e. The van der Waals surface area contributed by atoms with Crippen LogP contribution in [-0.4, -0.2) is 35.0 Å². The summed E-state index contributed by atoms with van der Waals surface area (Å²) in [5, 5.41) is 9.50. The molecule has 1 unspecified atom stereocenters. The molecule has 1 amide bonds. The molecule has 1 N–H and O–H groups in total. The summed E-state index contributed by atoms with van der Waals surface area (Å²) in [5.74, 6) is -1.30. The number of ether oxygens (including phenoxy) is 1. The first-order valence-electron chi connectivity index (χ1n) is 6.26. The van der Waals surface area contributed by atoms with Crippen LogP contribution in [0.1, 0.15) is 26.3 Å². The molecule has 0 aliphatic heterocycles. The van der Waals surface area contributed by atoms with Crippen LogP contribution in [0.25, 0.3) is 0 Å². The van der Waals surface area contributed by atoms with Crippen LogP contribution < -0.4 is 4.74 Å². The van der Waals surface area contributed by atoms with Gasteiger partial charge in [0.25, 0.3) is 0 Å². The van der Waals surface area contributed by atoms with Crippen molar-refractivity contribution in [2.45, 2.75) is 39.0 Å². The fourth-order valence-electron chi connectivity index (χ4n) is 2.09. The zero-order chi connectivity index (χ0) is 16.2. The number of hydrogen-bond acceptors (Lipinski definition) is 3. The summed E-state index contributed by atoms with van der Waals surface area (Å²) in [5.41, 5.74) is -1.31. The third-order valence-corrected chi connectivity index (χ3v) is 3.24. The summed E-state index contributed by atoms with van der Waals surface area (Å²) in [4.78, 5) is 24.0. The summed E-state index contributed by atoms with van der Waals surface area (Å²) < 4.78 is 28.4. The van der Waals surface area contributed by atoms with Crippen molar-refractivity contribution >= 4 is 12.4 Å². The lowest BCUT2D eigenvalue weighted by Crippen LogP contribution is -2.52. The summed E-state index contributed by atoms with van der Waals surface area (Å²) in [6.07, 6.45) is 0.461. The molecule has 0 heterocycles. The Morgan fingerprint density at radius 3 is 2.19 bits per heavy atom. The van der Waals surface area contributed by atoms with Crippen LogP contribution in [-0.2, 0) is 15.1 Å². The topological polar surface area (TPSA) is 66.8 Å². The molecule has 0 fully saturated rings. The molecule has 7 heteroatoms. The van der Waals surface area contributed by atoms with Gasteiger partial charge in [0.2, 0.25) is 6.41 Å². The van der Waals surface area contributed by atoms with Crippen molar-refractivity contribution in [2.75, 3.05) is 0 Å². The molecule has 0 aromatic heterocycles. The fraction of sp³-hybridized carbons (Fsp3) is 0.429. The van der Waals surface area contributed by atoms with E-state index in [0.29, 0.717) is 6.41 Å². The minimum absolute atomic E-state index is 0.0799. The van der Waals surface area contributed by atoms with Crippen LogP contribution in [0.15, 0.2) is 24.3 Å². The van der Waals surface area contributed by atoms with Crippen molar-refractivity contribution in [2.24, 2.45) is 0 Å². The normalized spacial score (nSPS) is 13.9. The third-order valence-electron chi connectivity index (χ3n) is 3.24. The van der Waals surface area contributed by atoms with Crippen LogP contribution in [0, 0.1) is 0 Å². The number of carbonyl (C=O) groups is 2. The van der Waals surface area contributed by atoms with Crippen LogP contribution in [0.2, 0.25) is 0 Å². The highest BCUT2D eigenvalue weighted by Crippen LogP contribution is 2.31. The predicted octanol–water partition coefficient (Wildman–Crippen LogP) is 2.45. The average molecular weight is 301 g/mol. The summed E-state index contributed by atoms with van der Waals surface area (Å²) in [6.45, 7) is 1.80. The highest BCUT2D eigenvalue weighted by Gasteiger charge is 2.42. The molecular weight excluding hydrogens is 284 g/mol. The lowest BCUT2D eigenvalue weighted by molar-refractivity contribution is -0.156. The number of benzene rings is 1. The Morgan fingerprint density at radius 2 is 1.86 bits per heavy atom. The Balaban J connectivity index is 3.22. The minimum atomic E-state index is -2.95. The smallest absolute Gasteiger partial charge is 0.387 e. The number of aliphatic carboxylic acids is 1. The number of hydrogen-bond donors (Lipinski definition) is 1. The van der Waals surface area contributed by atoms with Gasteiger partial charge < -0.3 is 14.7 Å². The van der Waals surface area contributed by atoms with Crippen molar-refractivity contribution in [3.63, 3.8) is 0 Å². The highest BCUT2D eigenvalue weighted by atomic mass is 19.3. The van der Waals surface area contributed by atoms with Gasteiger partial charge in [-0.1, -0.05) is 12.1 Å². The molecule has 0 saturated heterocycles. The van der Waals surface area contributed by atoms with Gasteiger partial charge in [0.1, 0.15) is 5.75 Å². The summed E-state index contributed by atoms with van der Waals surface area (Å²) >= 11 is 0. The maximum absolute atomic E-state index is 12.1. The van der Waals surface area contributed by atoms with E-state index in [0.717, 1.165) is 4.90 Å². The molecule has 0 saturated carbocycles. The van der Waals surface area contributed by atoms with E-state index < -0.39 is 18.1 Å². The molecule has 1 rings (SSSR count). The fourth-order valence-corrected chi connectivity index (χ4v) is 2.09. The zero-order valence-electron chi connectivity index (χ0n) is 11.9. The number of carboxylic acid groups (broad SMARTS) is 1. The quantitative estimate of drug-likeness (QED) is 0.786. The van der Waals surface area contributed by atoms with E-state index >= 15 is 0 Å². The van der Waals surface area contributed by atoms with Gasteiger partial charge in [-0.05, 0) is 38.5 Å². The first kappa shape index (κ1) is 16.9. The van der Waals surface area contributed by atoms with Crippen LogP contribution >= 0.6 is 0 Å². The van der Waals surface area contributed by atoms with Gasteiger partial charge in [-0.3, -0.25) is 4.79 Å². The predicted molar refractivity (Wildman–Crippen MR) is 71.1 cm³/mol. The van der Waals surface area contributed by atoms with Gasteiger partial charge in [0.05, 0.1) is 0 Å². The number of nitrogens with zero attached hydrogens (tertiary/aromatic N) is 1. The van der Waals surface area contributed by atoms with Gasteiger partial charge in [-0.15, -0.1) is 0 Å². The molecule has 0 bridgehead atoms. The molecule has 1 atom stereocenters. The van der Waals surface area contributed by atoms with Crippen molar-refractivity contribution in [3.8, 4) is 5.75 Å². The Kier molecular flexibility index (Phi) is 5.23. The Bertz CT molecular complexity index is 504. The van der Waals surface area contributed by atoms with E-state index in [-0.39, 0.29) is 17.4 Å². The molecule has 5 nitrogen and oxygen atoms in total. The molecule has 0 aliphatic carbocycles. The van der Waals surface area contributed by atoms with Crippen LogP contribution in [0.4, 0.5) is 8.78 Å². The maximum atomic E-state index is 12.1. The highest BCUT2D eigenvalue weighted by molar-refractivity contribution is 5.83. The molecule has 21 heavy (non-hydrogen) atoms. The van der Waals surface area contributed by atoms with Crippen molar-refractivity contribution < 1.29 is 28.2 Å². The second-order valence-electron chi connectivity index (χ2n) is 4.89. The molecule has 1 aromatic carbocycles. The van der Waals surface area contributed by atoms with Crippen LogP contribution in [0.5, 0.6) is 5.75 Å². The van der Waals surface area contributed by atoms with E-state index in [1.165, 1.54) is 31.2 Å². The molecule has 1 aromatic rings. The number of rotatable bonds is 7. The number of halogens is 2. The molecular formula is C14H17F2NO4. The second kappa shape index (κ2) is 6.51. The number of carboxylic acids is 1. The van der Waals surface area contributed by atoms with Gasteiger partial charge in [-0.25, -0.2) is 4.79 Å². The first-order valence-corrected chi connectivity index (χ1v) is 6.26. The number of amides is 1. The van der Waals surface area contributed by atoms with Crippen LogP contribution in [0.3, 0.4) is 0 Å². The van der Waals surface area contributed by atoms with Gasteiger partial charge in [0, 0.05) is 6.04 Å². The van der Waals surface area contributed by atoms with E-state index in [1.54, 1.807) is 13.8 Å². The van der Waals surface area contributed by atoms with Gasteiger partial charge in [-0.2, -0.15) is 8.78 Å². The average Bonchev–Trinajstić information content (AvgIpc) is 2.38. The molecule has 0 radical (unpaired) electrons. The third kappa shape index (κ3) is 3.48. The van der Waals surface area contributed by atoms with Crippen molar-refractivity contribution in [3.05, 3.63) is 29.8 Å². The molecule has 0 aliphatic rings. The first-order chi connectivity index (χ1) is 9.73. The van der Waals surface area contributed by atoms with Crippen molar-refractivity contribution in [1.29, 1.82) is 0 Å².